The van der Waals surface area contributed by atoms with Gasteiger partial charge in [-0.3, -0.25) is 9.59 Å². The Hall–Kier alpha value is -3.30. The fourth-order valence-corrected chi connectivity index (χ4v) is 5.31. The molecule has 2 amide bonds. The molecule has 38 heavy (non-hydrogen) atoms. The van der Waals surface area contributed by atoms with Crippen LogP contribution >= 0.6 is 0 Å². The van der Waals surface area contributed by atoms with Crippen molar-refractivity contribution in [2.75, 3.05) is 37.6 Å². The number of amides is 2. The number of piperidine rings is 2. The van der Waals surface area contributed by atoms with Gasteiger partial charge in [-0.15, -0.1) is 0 Å². The molecule has 0 saturated carbocycles. The van der Waals surface area contributed by atoms with Gasteiger partial charge in [0.05, 0.1) is 23.6 Å². The molecule has 0 radical (unpaired) electrons. The molecule has 3 aliphatic rings. The second-order valence-corrected chi connectivity index (χ2v) is 10.2. The molecule has 206 valence electrons. The standard InChI is InChI=1S/C28H37F2N5O3/c1-5-22(29)16-24(30)18(2)38-23-8-13-34(14-9-23)28-27(21-6-11-33(12-7-21)19(3)36)31-26-17-35(20(4)37)15-10-25(26)32-28/h5,16,21,23H,2,6-15,17H2,1,3-4H3/b22-5+,24-16+. The first-order valence-corrected chi connectivity index (χ1v) is 13.4. The van der Waals surface area contributed by atoms with Gasteiger partial charge >= 0.3 is 0 Å². The van der Waals surface area contributed by atoms with Crippen molar-refractivity contribution >= 4 is 17.6 Å². The molecular weight excluding hydrogens is 492 g/mol. The van der Waals surface area contributed by atoms with E-state index < -0.39 is 11.7 Å². The first kappa shape index (κ1) is 27.7. The third-order valence-corrected chi connectivity index (χ3v) is 7.65. The summed E-state index contributed by atoms with van der Waals surface area (Å²) in [6, 6.07) is 0. The van der Waals surface area contributed by atoms with E-state index in [2.05, 4.69) is 11.5 Å². The van der Waals surface area contributed by atoms with Crippen molar-refractivity contribution in [2.24, 2.45) is 0 Å². The molecule has 4 rings (SSSR count). The lowest BCUT2D eigenvalue weighted by Gasteiger charge is -2.37. The van der Waals surface area contributed by atoms with Crippen molar-refractivity contribution in [1.82, 2.24) is 19.8 Å². The van der Waals surface area contributed by atoms with Gasteiger partial charge in [-0.25, -0.2) is 18.7 Å². The van der Waals surface area contributed by atoms with Crippen LogP contribution in [0, 0.1) is 0 Å². The number of hydrogen-bond acceptors (Lipinski definition) is 6. The van der Waals surface area contributed by atoms with Gasteiger partial charge in [-0.2, -0.15) is 0 Å². The second kappa shape index (κ2) is 12.0. The Kier molecular flexibility index (Phi) is 8.79. The summed E-state index contributed by atoms with van der Waals surface area (Å²) >= 11 is 0. The Bertz CT molecular complexity index is 1140. The number of likely N-dealkylation sites (tertiary alicyclic amines) is 1. The molecule has 0 bridgehead atoms. The van der Waals surface area contributed by atoms with Crippen molar-refractivity contribution in [3.63, 3.8) is 0 Å². The highest BCUT2D eigenvalue weighted by Crippen LogP contribution is 2.36. The van der Waals surface area contributed by atoms with Crippen LogP contribution in [0.25, 0.3) is 0 Å². The van der Waals surface area contributed by atoms with Crippen molar-refractivity contribution < 1.29 is 23.1 Å². The van der Waals surface area contributed by atoms with Crippen LogP contribution < -0.4 is 4.90 Å². The highest BCUT2D eigenvalue weighted by molar-refractivity contribution is 5.74. The van der Waals surface area contributed by atoms with Crippen LogP contribution in [0.2, 0.25) is 0 Å². The molecule has 10 heteroatoms. The summed E-state index contributed by atoms with van der Waals surface area (Å²) in [4.78, 5) is 39.9. The summed E-state index contributed by atoms with van der Waals surface area (Å²) in [5.74, 6) is -0.521. The van der Waals surface area contributed by atoms with Crippen LogP contribution in [0.5, 0.6) is 0 Å². The molecule has 3 aliphatic heterocycles. The number of halogens is 2. The lowest BCUT2D eigenvalue weighted by Crippen LogP contribution is -2.41. The number of ether oxygens (including phenoxy) is 1. The smallest absolute Gasteiger partial charge is 0.219 e. The highest BCUT2D eigenvalue weighted by atomic mass is 19.1. The Morgan fingerprint density at radius 3 is 2.21 bits per heavy atom. The Balaban J connectivity index is 1.51. The fraction of sp³-hybridized carbons (Fsp3) is 0.571. The van der Waals surface area contributed by atoms with E-state index in [4.69, 9.17) is 14.7 Å². The zero-order valence-electron chi connectivity index (χ0n) is 22.5. The van der Waals surface area contributed by atoms with Crippen LogP contribution in [-0.4, -0.2) is 70.4 Å². The second-order valence-electron chi connectivity index (χ2n) is 10.2. The average Bonchev–Trinajstić information content (AvgIpc) is 2.92. The summed E-state index contributed by atoms with van der Waals surface area (Å²) in [6.07, 6.45) is 5.26. The molecule has 1 aromatic rings. The number of rotatable bonds is 6. The van der Waals surface area contributed by atoms with Gasteiger partial charge in [0.15, 0.2) is 11.6 Å². The molecular formula is C28H37F2N5O3. The zero-order chi connectivity index (χ0) is 27.4. The largest absolute Gasteiger partial charge is 0.488 e. The summed E-state index contributed by atoms with van der Waals surface area (Å²) < 4.78 is 33.3. The van der Waals surface area contributed by atoms with E-state index in [9.17, 15) is 18.4 Å². The van der Waals surface area contributed by atoms with Gasteiger partial charge in [0.25, 0.3) is 0 Å². The monoisotopic (exact) mass is 529 g/mol. The zero-order valence-corrected chi connectivity index (χ0v) is 22.5. The number of carbonyl (C=O) groups is 2. The molecule has 0 aromatic carbocycles. The minimum Gasteiger partial charge on any atom is -0.488 e. The number of anilines is 1. The van der Waals surface area contributed by atoms with Crippen molar-refractivity contribution in [3.05, 3.63) is 53.2 Å². The quantitative estimate of drug-likeness (QED) is 0.403. The van der Waals surface area contributed by atoms with Crippen molar-refractivity contribution in [2.45, 2.75) is 71.4 Å². The Morgan fingerprint density at radius 2 is 1.61 bits per heavy atom. The van der Waals surface area contributed by atoms with Gasteiger partial charge in [-0.1, -0.05) is 12.7 Å². The van der Waals surface area contributed by atoms with Crippen LogP contribution in [0.1, 0.15) is 69.5 Å². The topological polar surface area (TPSA) is 78.9 Å². The predicted octanol–water partition coefficient (Wildman–Crippen LogP) is 4.33. The third kappa shape index (κ3) is 6.39. The molecule has 2 fully saturated rings. The van der Waals surface area contributed by atoms with E-state index in [1.54, 1.807) is 18.7 Å². The number of fused-ring (bicyclic) bond motifs is 1. The summed E-state index contributed by atoms with van der Waals surface area (Å²) in [7, 11) is 0. The molecule has 2 saturated heterocycles. The van der Waals surface area contributed by atoms with Crippen LogP contribution in [0.3, 0.4) is 0 Å². The average molecular weight is 530 g/mol. The van der Waals surface area contributed by atoms with E-state index >= 15 is 0 Å². The summed E-state index contributed by atoms with van der Waals surface area (Å²) in [6.45, 7) is 12.0. The van der Waals surface area contributed by atoms with Gasteiger partial charge in [0, 0.05) is 77.8 Å². The molecule has 0 atom stereocenters. The molecule has 0 aliphatic carbocycles. The van der Waals surface area contributed by atoms with E-state index in [1.807, 2.05) is 4.90 Å². The Labute approximate surface area is 223 Å². The van der Waals surface area contributed by atoms with Gasteiger partial charge in [-0.05, 0) is 19.8 Å². The first-order valence-electron chi connectivity index (χ1n) is 13.4. The van der Waals surface area contributed by atoms with Crippen LogP contribution in [-0.2, 0) is 27.3 Å². The maximum Gasteiger partial charge on any atom is 0.219 e. The third-order valence-electron chi connectivity index (χ3n) is 7.65. The predicted molar refractivity (Wildman–Crippen MR) is 141 cm³/mol. The van der Waals surface area contributed by atoms with Crippen molar-refractivity contribution in [1.29, 1.82) is 0 Å². The fourth-order valence-electron chi connectivity index (χ4n) is 5.31. The van der Waals surface area contributed by atoms with Crippen LogP contribution in [0.15, 0.2) is 36.1 Å². The number of allylic oxidation sites excluding steroid dienone is 4. The molecule has 0 N–H and O–H groups in total. The van der Waals surface area contributed by atoms with E-state index in [-0.39, 0.29) is 29.6 Å². The number of hydrogen-bond donors (Lipinski definition) is 0. The van der Waals surface area contributed by atoms with E-state index in [1.165, 1.54) is 13.0 Å². The van der Waals surface area contributed by atoms with Gasteiger partial charge < -0.3 is 19.4 Å². The SMILES string of the molecule is C=C(OC1CCN(c2nc3c(nc2C2CCN(C(C)=O)CC2)CN(C(C)=O)CC3)CC1)/C(F)=C\C(F)=C/C. The molecule has 8 nitrogen and oxygen atoms in total. The maximum atomic E-state index is 14.2. The summed E-state index contributed by atoms with van der Waals surface area (Å²) in [5, 5.41) is 0. The molecule has 1 aromatic heterocycles. The van der Waals surface area contributed by atoms with E-state index in [0.29, 0.717) is 58.5 Å². The van der Waals surface area contributed by atoms with Gasteiger partial charge in [0.2, 0.25) is 11.8 Å². The number of aromatic nitrogens is 2. The minimum atomic E-state index is -0.817. The van der Waals surface area contributed by atoms with Gasteiger partial charge in [0.1, 0.15) is 17.7 Å². The van der Waals surface area contributed by atoms with Crippen molar-refractivity contribution in [3.8, 4) is 0 Å². The maximum absolute atomic E-state index is 14.2. The highest BCUT2D eigenvalue weighted by Gasteiger charge is 2.32. The molecule has 0 unspecified atom stereocenters. The van der Waals surface area contributed by atoms with E-state index in [0.717, 1.165) is 41.8 Å². The van der Waals surface area contributed by atoms with Crippen LogP contribution in [0.4, 0.5) is 14.6 Å². The lowest BCUT2D eigenvalue weighted by atomic mass is 9.92. The number of nitrogens with zero attached hydrogens (tertiary/aromatic N) is 5. The Morgan fingerprint density at radius 1 is 0.947 bits per heavy atom. The lowest BCUT2D eigenvalue weighted by molar-refractivity contribution is -0.130. The first-order chi connectivity index (χ1) is 18.2. The normalized spacial score (nSPS) is 19.9. The molecule has 4 heterocycles. The molecule has 0 spiro atoms. The minimum absolute atomic E-state index is 0.0289. The number of carbonyl (C=O) groups excluding carboxylic acids is 2. The summed E-state index contributed by atoms with van der Waals surface area (Å²) in [5.41, 5.74) is 2.70.